The molecule has 0 aromatic heterocycles. The molecule has 1 rings (SSSR count). The molecule has 1 aliphatic rings. The average molecular weight is 116 g/mol. The van der Waals surface area contributed by atoms with Crippen molar-refractivity contribution in [3.05, 3.63) is 0 Å². The van der Waals surface area contributed by atoms with Gasteiger partial charge in [-0.15, -0.1) is 0 Å². The zero-order valence-electron chi connectivity index (χ0n) is 5.35. The van der Waals surface area contributed by atoms with E-state index in [9.17, 15) is 0 Å². The zero-order chi connectivity index (χ0) is 6.20. The van der Waals surface area contributed by atoms with Crippen molar-refractivity contribution < 1.29 is 9.84 Å². The van der Waals surface area contributed by atoms with Crippen LogP contribution in [0.3, 0.4) is 0 Å². The van der Waals surface area contributed by atoms with Gasteiger partial charge in [0, 0.05) is 0 Å². The summed E-state index contributed by atoms with van der Waals surface area (Å²) in [6, 6.07) is 0. The number of aliphatic hydroxyl groups is 1. The number of epoxide rings is 1. The zero-order valence-corrected chi connectivity index (χ0v) is 5.35. The molecule has 1 heterocycles. The molecule has 2 heteroatoms. The second-order valence-corrected chi connectivity index (χ2v) is 2.38. The van der Waals surface area contributed by atoms with Crippen LogP contribution < -0.4 is 0 Å². The van der Waals surface area contributed by atoms with Crippen molar-refractivity contribution in [2.24, 2.45) is 0 Å². The molecule has 2 atom stereocenters. The predicted octanol–water partition coefficient (Wildman–Crippen LogP) is 0.546. The monoisotopic (exact) mass is 116 g/mol. The lowest BCUT2D eigenvalue weighted by Crippen LogP contribution is -2.25. The molecule has 1 fully saturated rings. The number of hydrogen-bond donors (Lipinski definition) is 1. The van der Waals surface area contributed by atoms with Gasteiger partial charge in [-0.25, -0.2) is 0 Å². The molecule has 8 heavy (non-hydrogen) atoms. The van der Waals surface area contributed by atoms with Gasteiger partial charge in [0.1, 0.15) is 5.60 Å². The lowest BCUT2D eigenvalue weighted by atomic mass is 10.0. The molecule has 0 spiro atoms. The molecule has 48 valence electrons. The van der Waals surface area contributed by atoms with Gasteiger partial charge in [0.05, 0.1) is 12.7 Å². The third-order valence-electron chi connectivity index (χ3n) is 1.87. The van der Waals surface area contributed by atoms with E-state index in [0.717, 1.165) is 13.0 Å². The summed E-state index contributed by atoms with van der Waals surface area (Å²) < 4.78 is 5.06. The van der Waals surface area contributed by atoms with Gasteiger partial charge < -0.3 is 9.84 Å². The van der Waals surface area contributed by atoms with E-state index >= 15 is 0 Å². The molecule has 0 amide bonds. The summed E-state index contributed by atoms with van der Waals surface area (Å²) in [7, 11) is 0. The Morgan fingerprint density at radius 3 is 2.38 bits per heavy atom. The average Bonchev–Trinajstić information content (AvgIpc) is 2.44. The maximum Gasteiger partial charge on any atom is 0.117 e. The molecule has 0 bridgehead atoms. The van der Waals surface area contributed by atoms with Gasteiger partial charge in [-0.05, 0) is 13.3 Å². The van der Waals surface area contributed by atoms with Crippen molar-refractivity contribution in [1.29, 1.82) is 0 Å². The maximum absolute atomic E-state index is 9.02. The first-order valence-corrected chi connectivity index (χ1v) is 3.03. The standard InChI is InChI=1S/C6H12O2/c1-3-6(4-8-6)5(2)7/h5,7H,3-4H2,1-2H3/t5-,6+/m1/s1. The van der Waals surface area contributed by atoms with Crippen LogP contribution in [0.1, 0.15) is 20.3 Å². The molecule has 1 saturated heterocycles. The van der Waals surface area contributed by atoms with Crippen molar-refractivity contribution in [2.75, 3.05) is 6.61 Å². The summed E-state index contributed by atoms with van der Waals surface area (Å²) in [4.78, 5) is 0. The van der Waals surface area contributed by atoms with Crippen molar-refractivity contribution in [1.82, 2.24) is 0 Å². The highest BCUT2D eigenvalue weighted by molar-refractivity contribution is 4.95. The van der Waals surface area contributed by atoms with Crippen molar-refractivity contribution >= 4 is 0 Å². The molecule has 0 saturated carbocycles. The molecule has 1 aliphatic heterocycles. The molecule has 0 aromatic carbocycles. The second kappa shape index (κ2) is 1.71. The Hall–Kier alpha value is -0.0800. The fourth-order valence-electron chi connectivity index (χ4n) is 0.833. The summed E-state index contributed by atoms with van der Waals surface area (Å²) in [6.45, 7) is 4.54. The molecule has 0 unspecified atom stereocenters. The topological polar surface area (TPSA) is 32.8 Å². The normalized spacial score (nSPS) is 39.4. The summed E-state index contributed by atoms with van der Waals surface area (Å²) >= 11 is 0. The van der Waals surface area contributed by atoms with Crippen molar-refractivity contribution in [2.45, 2.75) is 32.0 Å². The van der Waals surface area contributed by atoms with E-state index in [1.54, 1.807) is 6.92 Å². The molecule has 2 nitrogen and oxygen atoms in total. The number of hydrogen-bond acceptors (Lipinski definition) is 2. The Labute approximate surface area is 49.5 Å². The van der Waals surface area contributed by atoms with Gasteiger partial charge in [-0.2, -0.15) is 0 Å². The van der Waals surface area contributed by atoms with E-state index in [1.165, 1.54) is 0 Å². The summed E-state index contributed by atoms with van der Waals surface area (Å²) in [5.74, 6) is 0. The maximum atomic E-state index is 9.02. The molecular formula is C6H12O2. The molecular weight excluding hydrogens is 104 g/mol. The van der Waals surface area contributed by atoms with Crippen LogP contribution in [0.25, 0.3) is 0 Å². The van der Waals surface area contributed by atoms with Gasteiger partial charge in [0.15, 0.2) is 0 Å². The summed E-state index contributed by atoms with van der Waals surface area (Å²) in [6.07, 6.45) is 0.623. The fourth-order valence-corrected chi connectivity index (χ4v) is 0.833. The first-order chi connectivity index (χ1) is 3.71. The largest absolute Gasteiger partial charge is 0.390 e. The lowest BCUT2D eigenvalue weighted by molar-refractivity contribution is 0.0872. The van der Waals surface area contributed by atoms with Crippen LogP contribution in [-0.4, -0.2) is 23.4 Å². The van der Waals surface area contributed by atoms with Gasteiger partial charge >= 0.3 is 0 Å². The van der Waals surface area contributed by atoms with Gasteiger partial charge in [-0.3, -0.25) is 0 Å². The van der Waals surface area contributed by atoms with E-state index in [1.807, 2.05) is 6.92 Å². The highest BCUT2D eigenvalue weighted by Crippen LogP contribution is 2.33. The third kappa shape index (κ3) is 0.740. The quantitative estimate of drug-likeness (QED) is 0.534. The number of rotatable bonds is 2. The van der Waals surface area contributed by atoms with Gasteiger partial charge in [-0.1, -0.05) is 6.92 Å². The smallest absolute Gasteiger partial charge is 0.117 e. The molecule has 0 aliphatic carbocycles. The van der Waals surface area contributed by atoms with Gasteiger partial charge in [0.2, 0.25) is 0 Å². The van der Waals surface area contributed by atoms with Crippen LogP contribution in [0, 0.1) is 0 Å². The Morgan fingerprint density at radius 1 is 1.88 bits per heavy atom. The highest BCUT2D eigenvalue weighted by Gasteiger charge is 2.47. The first-order valence-electron chi connectivity index (χ1n) is 3.03. The Kier molecular flexibility index (Phi) is 1.29. The minimum atomic E-state index is -0.299. The van der Waals surface area contributed by atoms with E-state index in [4.69, 9.17) is 9.84 Å². The van der Waals surface area contributed by atoms with E-state index in [0.29, 0.717) is 0 Å². The SMILES string of the molecule is CC[C@@]1([C@@H](C)O)CO1. The van der Waals surface area contributed by atoms with Crippen LogP contribution in [0.15, 0.2) is 0 Å². The molecule has 0 radical (unpaired) electrons. The Morgan fingerprint density at radius 2 is 2.38 bits per heavy atom. The molecule has 1 N–H and O–H groups in total. The van der Waals surface area contributed by atoms with E-state index in [-0.39, 0.29) is 11.7 Å². The van der Waals surface area contributed by atoms with Crippen LogP contribution in [0.4, 0.5) is 0 Å². The lowest BCUT2D eigenvalue weighted by Gasteiger charge is -2.10. The van der Waals surface area contributed by atoms with Crippen molar-refractivity contribution in [3.8, 4) is 0 Å². The van der Waals surface area contributed by atoms with Crippen LogP contribution >= 0.6 is 0 Å². The highest BCUT2D eigenvalue weighted by atomic mass is 16.6. The predicted molar refractivity (Wildman–Crippen MR) is 30.7 cm³/mol. The van der Waals surface area contributed by atoms with E-state index in [2.05, 4.69) is 0 Å². The summed E-state index contributed by atoms with van der Waals surface area (Å²) in [5, 5.41) is 9.02. The number of aliphatic hydroxyl groups excluding tert-OH is 1. The Balaban J connectivity index is 2.41. The van der Waals surface area contributed by atoms with E-state index < -0.39 is 0 Å². The third-order valence-corrected chi connectivity index (χ3v) is 1.87. The fraction of sp³-hybridized carbons (Fsp3) is 1.00. The van der Waals surface area contributed by atoms with Crippen LogP contribution in [0.2, 0.25) is 0 Å². The number of ether oxygens (including phenoxy) is 1. The first kappa shape index (κ1) is 6.05. The summed E-state index contributed by atoms with van der Waals surface area (Å²) in [5.41, 5.74) is -0.153. The minimum absolute atomic E-state index is 0.153. The van der Waals surface area contributed by atoms with Crippen LogP contribution in [-0.2, 0) is 4.74 Å². The van der Waals surface area contributed by atoms with Crippen molar-refractivity contribution in [3.63, 3.8) is 0 Å². The Bertz CT molecular complexity index is 84.5. The van der Waals surface area contributed by atoms with Gasteiger partial charge in [0.25, 0.3) is 0 Å². The van der Waals surface area contributed by atoms with Crippen LogP contribution in [0.5, 0.6) is 0 Å². The minimum Gasteiger partial charge on any atom is -0.390 e. The second-order valence-electron chi connectivity index (χ2n) is 2.38. The molecule has 0 aromatic rings.